The van der Waals surface area contributed by atoms with Crippen LogP contribution in [0.25, 0.3) is 0 Å². The minimum atomic E-state index is -0.0744. The van der Waals surface area contributed by atoms with Crippen molar-refractivity contribution in [2.24, 2.45) is 0 Å². The van der Waals surface area contributed by atoms with E-state index in [1.165, 1.54) is 6.08 Å². The molecule has 0 aliphatic rings. The summed E-state index contributed by atoms with van der Waals surface area (Å²) in [5.41, 5.74) is 2.07. The van der Waals surface area contributed by atoms with Gasteiger partial charge in [-0.1, -0.05) is 30.3 Å². The molecule has 21 heavy (non-hydrogen) atoms. The molecule has 0 N–H and O–H groups in total. The number of aromatic nitrogens is 1. The number of hydrogen-bond acceptors (Lipinski definition) is 3. The average Bonchev–Trinajstić information content (AvgIpc) is 2.89. The Morgan fingerprint density at radius 1 is 1.43 bits per heavy atom. The highest BCUT2D eigenvalue weighted by Crippen LogP contribution is 2.13. The summed E-state index contributed by atoms with van der Waals surface area (Å²) >= 11 is 7.46. The first-order valence-corrected chi connectivity index (χ1v) is 7.91. The van der Waals surface area contributed by atoms with Crippen molar-refractivity contribution in [2.45, 2.75) is 19.9 Å². The zero-order valence-electron chi connectivity index (χ0n) is 11.9. The molecule has 3 nitrogen and oxygen atoms in total. The molecule has 0 radical (unpaired) electrons. The minimum Gasteiger partial charge on any atom is -0.333 e. The normalized spacial score (nSPS) is 10.4. The van der Waals surface area contributed by atoms with Crippen LogP contribution in [0.2, 0.25) is 5.02 Å². The highest BCUT2D eigenvalue weighted by Gasteiger charge is 2.12. The molecule has 0 aliphatic carbocycles. The van der Waals surface area contributed by atoms with Crippen LogP contribution in [-0.4, -0.2) is 22.3 Å². The lowest BCUT2D eigenvalue weighted by Crippen LogP contribution is -2.31. The van der Waals surface area contributed by atoms with Crippen LogP contribution in [0.15, 0.2) is 42.3 Å². The van der Waals surface area contributed by atoms with Crippen molar-refractivity contribution in [1.82, 2.24) is 9.88 Å². The Balaban J connectivity index is 2.01. The number of halogens is 1. The van der Waals surface area contributed by atoms with Gasteiger partial charge < -0.3 is 4.90 Å². The molecule has 0 saturated heterocycles. The van der Waals surface area contributed by atoms with Crippen molar-refractivity contribution >= 4 is 28.8 Å². The third-order valence-corrected chi connectivity index (χ3v) is 4.16. The molecule has 0 fully saturated rings. The summed E-state index contributed by atoms with van der Waals surface area (Å²) in [6.45, 7) is 6.67. The second-order valence-electron chi connectivity index (χ2n) is 4.70. The number of hydrogen-bond donors (Lipinski definition) is 0. The molecule has 1 aromatic carbocycles. The zero-order chi connectivity index (χ0) is 15.2. The van der Waals surface area contributed by atoms with Crippen molar-refractivity contribution < 1.29 is 4.79 Å². The number of carbonyl (C=O) groups is 1. The van der Waals surface area contributed by atoms with E-state index in [4.69, 9.17) is 11.6 Å². The maximum Gasteiger partial charge on any atom is 0.246 e. The van der Waals surface area contributed by atoms with Crippen LogP contribution < -0.4 is 0 Å². The van der Waals surface area contributed by atoms with Gasteiger partial charge in [-0.25, -0.2) is 4.98 Å². The van der Waals surface area contributed by atoms with E-state index in [2.05, 4.69) is 11.6 Å². The van der Waals surface area contributed by atoms with Crippen LogP contribution in [0, 0.1) is 6.92 Å². The Bertz CT molecular complexity index is 621. The molecule has 5 heteroatoms. The van der Waals surface area contributed by atoms with Gasteiger partial charge in [0, 0.05) is 16.9 Å². The van der Waals surface area contributed by atoms with Crippen molar-refractivity contribution in [3.05, 3.63) is 63.6 Å². The fourth-order valence-electron chi connectivity index (χ4n) is 1.99. The van der Waals surface area contributed by atoms with Crippen molar-refractivity contribution in [1.29, 1.82) is 0 Å². The third-order valence-electron chi connectivity index (χ3n) is 3.09. The van der Waals surface area contributed by atoms with E-state index in [1.807, 2.05) is 36.6 Å². The minimum absolute atomic E-state index is 0.0744. The van der Waals surface area contributed by atoms with Crippen LogP contribution in [0.1, 0.15) is 16.3 Å². The first-order chi connectivity index (χ1) is 10.1. The molecule has 1 aromatic heterocycles. The first kappa shape index (κ1) is 15.7. The van der Waals surface area contributed by atoms with Gasteiger partial charge >= 0.3 is 0 Å². The summed E-state index contributed by atoms with van der Waals surface area (Å²) in [7, 11) is 0. The molecule has 2 aromatic rings. The van der Waals surface area contributed by atoms with E-state index in [-0.39, 0.29) is 5.91 Å². The number of rotatable bonds is 6. The second kappa shape index (κ2) is 7.38. The largest absolute Gasteiger partial charge is 0.333 e. The number of benzene rings is 1. The van der Waals surface area contributed by atoms with Crippen LogP contribution in [0.3, 0.4) is 0 Å². The molecule has 110 valence electrons. The summed E-state index contributed by atoms with van der Waals surface area (Å²) in [6, 6.07) is 7.68. The third kappa shape index (κ3) is 4.69. The van der Waals surface area contributed by atoms with Crippen LogP contribution in [0.5, 0.6) is 0 Å². The lowest BCUT2D eigenvalue weighted by molar-refractivity contribution is -0.126. The molecule has 0 spiro atoms. The number of carbonyl (C=O) groups excluding carboxylic acids is 1. The lowest BCUT2D eigenvalue weighted by Gasteiger charge is -2.20. The molecule has 0 saturated carbocycles. The molecule has 0 unspecified atom stereocenters. The molecule has 0 aliphatic heterocycles. The van der Waals surface area contributed by atoms with Gasteiger partial charge in [-0.15, -0.1) is 11.3 Å². The maximum absolute atomic E-state index is 12.0. The van der Waals surface area contributed by atoms with Crippen LogP contribution in [0.4, 0.5) is 0 Å². The van der Waals surface area contributed by atoms with E-state index in [0.29, 0.717) is 13.1 Å². The van der Waals surface area contributed by atoms with Crippen LogP contribution in [-0.2, 0) is 17.8 Å². The predicted molar refractivity (Wildman–Crippen MR) is 87.6 cm³/mol. The fraction of sp³-hybridized carbons (Fsp3) is 0.250. The van der Waals surface area contributed by atoms with Crippen molar-refractivity contribution in [3.8, 4) is 0 Å². The Labute approximate surface area is 133 Å². The Morgan fingerprint density at radius 3 is 2.71 bits per heavy atom. The van der Waals surface area contributed by atoms with Gasteiger partial charge in [0.2, 0.25) is 5.91 Å². The highest BCUT2D eigenvalue weighted by atomic mass is 35.5. The van der Waals surface area contributed by atoms with E-state index >= 15 is 0 Å². The Morgan fingerprint density at radius 2 is 2.14 bits per heavy atom. The van der Waals surface area contributed by atoms with Gasteiger partial charge in [0.1, 0.15) is 0 Å². The topological polar surface area (TPSA) is 33.2 Å². The van der Waals surface area contributed by atoms with Gasteiger partial charge in [-0.3, -0.25) is 4.79 Å². The van der Waals surface area contributed by atoms with E-state index in [0.717, 1.165) is 27.7 Å². The quantitative estimate of drug-likeness (QED) is 0.757. The smallest absolute Gasteiger partial charge is 0.246 e. The van der Waals surface area contributed by atoms with Gasteiger partial charge in [0.25, 0.3) is 0 Å². The van der Waals surface area contributed by atoms with Crippen molar-refractivity contribution in [2.75, 3.05) is 6.54 Å². The SMILES string of the molecule is C=CC(=O)N(CCc1ccc(Cl)cc1)Cc1csc(C)n1. The zero-order valence-corrected chi connectivity index (χ0v) is 13.5. The molecule has 0 atom stereocenters. The highest BCUT2D eigenvalue weighted by molar-refractivity contribution is 7.09. The summed E-state index contributed by atoms with van der Waals surface area (Å²) in [5.74, 6) is -0.0744. The van der Waals surface area contributed by atoms with E-state index in [1.54, 1.807) is 16.2 Å². The lowest BCUT2D eigenvalue weighted by atomic mass is 10.1. The summed E-state index contributed by atoms with van der Waals surface area (Å²) in [5, 5.41) is 3.71. The molecule has 0 bridgehead atoms. The summed E-state index contributed by atoms with van der Waals surface area (Å²) in [4.78, 5) is 18.1. The van der Waals surface area contributed by atoms with E-state index < -0.39 is 0 Å². The second-order valence-corrected chi connectivity index (χ2v) is 6.20. The van der Waals surface area contributed by atoms with E-state index in [9.17, 15) is 4.79 Å². The number of aryl methyl sites for hydroxylation is 1. The first-order valence-electron chi connectivity index (χ1n) is 6.65. The molecule has 1 amide bonds. The number of thiazole rings is 1. The van der Waals surface area contributed by atoms with Crippen LogP contribution >= 0.6 is 22.9 Å². The van der Waals surface area contributed by atoms with Gasteiger partial charge in [-0.2, -0.15) is 0 Å². The maximum atomic E-state index is 12.0. The molecular formula is C16H17ClN2OS. The Hall–Kier alpha value is -1.65. The summed E-state index contributed by atoms with van der Waals surface area (Å²) < 4.78 is 0. The van der Waals surface area contributed by atoms with Gasteiger partial charge in [0.15, 0.2) is 0 Å². The predicted octanol–water partition coefficient (Wildman–Crippen LogP) is 3.86. The van der Waals surface area contributed by atoms with Gasteiger partial charge in [0.05, 0.1) is 17.2 Å². The number of nitrogens with zero attached hydrogens (tertiary/aromatic N) is 2. The van der Waals surface area contributed by atoms with Gasteiger partial charge in [-0.05, 0) is 37.1 Å². The monoisotopic (exact) mass is 320 g/mol. The molecular weight excluding hydrogens is 304 g/mol. The molecule has 2 rings (SSSR count). The summed E-state index contributed by atoms with van der Waals surface area (Å²) in [6.07, 6.45) is 2.13. The number of amides is 1. The standard InChI is InChI=1S/C16H17ClN2OS/c1-3-16(20)19(10-15-11-21-12(2)18-15)9-8-13-4-6-14(17)7-5-13/h3-7,11H,1,8-10H2,2H3. The average molecular weight is 321 g/mol. The molecule has 1 heterocycles. The Kier molecular flexibility index (Phi) is 5.53. The van der Waals surface area contributed by atoms with Crippen molar-refractivity contribution in [3.63, 3.8) is 0 Å². The fourth-order valence-corrected chi connectivity index (χ4v) is 2.72.